The van der Waals surface area contributed by atoms with Crippen molar-refractivity contribution < 1.29 is 4.74 Å². The van der Waals surface area contributed by atoms with Gasteiger partial charge in [0, 0.05) is 12.8 Å². The molecule has 1 aliphatic carbocycles. The summed E-state index contributed by atoms with van der Waals surface area (Å²) in [6, 6.07) is 4.13. The van der Waals surface area contributed by atoms with Gasteiger partial charge in [-0.1, -0.05) is 6.07 Å². The van der Waals surface area contributed by atoms with Crippen LogP contribution in [-0.2, 0) is 11.2 Å². The molecule has 2 rings (SSSR count). The fourth-order valence-electron chi connectivity index (χ4n) is 1.74. The number of fused-ring (bicyclic) bond motifs is 1. The van der Waals surface area contributed by atoms with Crippen LogP contribution in [0.4, 0.5) is 0 Å². The van der Waals surface area contributed by atoms with E-state index >= 15 is 0 Å². The van der Waals surface area contributed by atoms with Gasteiger partial charge in [-0.3, -0.25) is 4.98 Å². The number of hydrogen-bond acceptors (Lipinski definition) is 2. The molecular formula is C10H13NO. The summed E-state index contributed by atoms with van der Waals surface area (Å²) in [5.41, 5.74) is 2.51. The van der Waals surface area contributed by atoms with E-state index in [0.29, 0.717) is 0 Å². The topological polar surface area (TPSA) is 22.1 Å². The van der Waals surface area contributed by atoms with Gasteiger partial charge in [0.05, 0.1) is 11.8 Å². The van der Waals surface area contributed by atoms with Crippen molar-refractivity contribution in [3.8, 4) is 0 Å². The van der Waals surface area contributed by atoms with E-state index in [2.05, 4.69) is 11.1 Å². The second kappa shape index (κ2) is 3.23. The van der Waals surface area contributed by atoms with E-state index in [1.165, 1.54) is 5.56 Å². The van der Waals surface area contributed by atoms with E-state index in [4.69, 9.17) is 4.74 Å². The molecule has 0 saturated heterocycles. The van der Waals surface area contributed by atoms with Crippen LogP contribution in [-0.4, -0.2) is 11.6 Å². The molecule has 1 aliphatic rings. The lowest BCUT2D eigenvalue weighted by atomic mass is 10.2. The molecule has 1 atom stereocenters. The first-order valence-corrected chi connectivity index (χ1v) is 4.47. The van der Waals surface area contributed by atoms with Gasteiger partial charge >= 0.3 is 0 Å². The summed E-state index contributed by atoms with van der Waals surface area (Å²) in [6.45, 7) is 2.81. The zero-order valence-corrected chi connectivity index (χ0v) is 7.29. The van der Waals surface area contributed by atoms with E-state index in [1.54, 1.807) is 0 Å². The molecule has 0 fully saturated rings. The minimum atomic E-state index is 0.256. The first-order chi connectivity index (χ1) is 5.92. The molecule has 0 bridgehead atoms. The van der Waals surface area contributed by atoms with E-state index in [9.17, 15) is 0 Å². The van der Waals surface area contributed by atoms with Crippen molar-refractivity contribution in [2.45, 2.75) is 25.9 Å². The molecule has 1 heterocycles. The Bertz CT molecular complexity index is 270. The second-order valence-electron chi connectivity index (χ2n) is 3.03. The van der Waals surface area contributed by atoms with Gasteiger partial charge in [-0.05, 0) is 31.4 Å². The van der Waals surface area contributed by atoms with Crippen molar-refractivity contribution in [3.05, 3.63) is 29.6 Å². The molecule has 0 unspecified atom stereocenters. The van der Waals surface area contributed by atoms with Crippen LogP contribution < -0.4 is 0 Å². The van der Waals surface area contributed by atoms with Gasteiger partial charge in [-0.25, -0.2) is 0 Å². The second-order valence-corrected chi connectivity index (χ2v) is 3.03. The van der Waals surface area contributed by atoms with Gasteiger partial charge in [-0.15, -0.1) is 0 Å². The predicted molar refractivity (Wildman–Crippen MR) is 46.9 cm³/mol. The number of aromatic nitrogens is 1. The molecule has 2 nitrogen and oxygen atoms in total. The Balaban J connectivity index is 2.24. The summed E-state index contributed by atoms with van der Waals surface area (Å²) in [7, 11) is 0. The number of rotatable bonds is 2. The number of pyridine rings is 1. The summed E-state index contributed by atoms with van der Waals surface area (Å²) < 4.78 is 5.57. The summed E-state index contributed by atoms with van der Waals surface area (Å²) in [4.78, 5) is 4.33. The molecule has 0 saturated carbocycles. The van der Waals surface area contributed by atoms with Crippen molar-refractivity contribution >= 4 is 0 Å². The predicted octanol–water partition coefficient (Wildman–Crippen LogP) is 2.11. The maximum Gasteiger partial charge on any atom is 0.1000 e. The Morgan fingerprint density at radius 1 is 1.67 bits per heavy atom. The molecule has 0 radical (unpaired) electrons. The quantitative estimate of drug-likeness (QED) is 0.666. The molecule has 1 aromatic heterocycles. The highest BCUT2D eigenvalue weighted by Gasteiger charge is 2.23. The fraction of sp³-hybridized carbons (Fsp3) is 0.500. The molecule has 1 aromatic rings. The van der Waals surface area contributed by atoms with Gasteiger partial charge in [0.1, 0.15) is 0 Å². The molecular weight excluding hydrogens is 150 g/mol. The third-order valence-electron chi connectivity index (χ3n) is 2.27. The van der Waals surface area contributed by atoms with Gasteiger partial charge in [0.15, 0.2) is 0 Å². The first-order valence-electron chi connectivity index (χ1n) is 4.47. The van der Waals surface area contributed by atoms with Crippen molar-refractivity contribution in [1.82, 2.24) is 4.98 Å². The average Bonchev–Trinajstić information content (AvgIpc) is 2.50. The van der Waals surface area contributed by atoms with Crippen LogP contribution in [0.15, 0.2) is 18.3 Å². The van der Waals surface area contributed by atoms with E-state index in [0.717, 1.165) is 25.1 Å². The molecule has 0 amide bonds. The normalized spacial score (nSPS) is 20.9. The van der Waals surface area contributed by atoms with Crippen LogP contribution >= 0.6 is 0 Å². The van der Waals surface area contributed by atoms with Crippen molar-refractivity contribution in [2.75, 3.05) is 6.61 Å². The van der Waals surface area contributed by atoms with Crippen LogP contribution in [0.25, 0.3) is 0 Å². The van der Waals surface area contributed by atoms with E-state index < -0.39 is 0 Å². The Morgan fingerprint density at radius 2 is 2.58 bits per heavy atom. The lowest BCUT2D eigenvalue weighted by molar-refractivity contribution is 0.0613. The van der Waals surface area contributed by atoms with Gasteiger partial charge < -0.3 is 4.74 Å². The number of ether oxygens (including phenoxy) is 1. The molecule has 0 aromatic carbocycles. The Labute approximate surface area is 72.6 Å². The van der Waals surface area contributed by atoms with Crippen LogP contribution in [0, 0.1) is 0 Å². The summed E-state index contributed by atoms with van der Waals surface area (Å²) in [5, 5.41) is 0. The smallest absolute Gasteiger partial charge is 0.1000 e. The molecule has 2 heteroatoms. The third-order valence-corrected chi connectivity index (χ3v) is 2.27. The van der Waals surface area contributed by atoms with E-state index in [-0.39, 0.29) is 6.10 Å². The van der Waals surface area contributed by atoms with Crippen LogP contribution in [0.2, 0.25) is 0 Å². The highest BCUT2D eigenvalue weighted by atomic mass is 16.5. The molecule has 0 spiro atoms. The maximum atomic E-state index is 5.57. The largest absolute Gasteiger partial charge is 0.372 e. The van der Waals surface area contributed by atoms with Gasteiger partial charge in [0.2, 0.25) is 0 Å². The van der Waals surface area contributed by atoms with Crippen LogP contribution in [0.1, 0.15) is 30.7 Å². The Morgan fingerprint density at radius 3 is 3.42 bits per heavy atom. The lowest BCUT2D eigenvalue weighted by Crippen LogP contribution is -2.01. The Kier molecular flexibility index (Phi) is 2.09. The highest BCUT2D eigenvalue weighted by molar-refractivity contribution is 5.26. The number of hydrogen-bond donors (Lipinski definition) is 0. The minimum Gasteiger partial charge on any atom is -0.372 e. The zero-order valence-electron chi connectivity index (χ0n) is 7.29. The fourth-order valence-corrected chi connectivity index (χ4v) is 1.74. The lowest BCUT2D eigenvalue weighted by Gasteiger charge is -2.09. The summed E-state index contributed by atoms with van der Waals surface area (Å²) in [6.07, 6.45) is 4.32. The standard InChI is InChI=1S/C10H13NO/c1-2-12-9-6-5-8-4-3-7-11-10(8)9/h3-4,7,9H,2,5-6H2,1H3/t9-/m0/s1. The van der Waals surface area contributed by atoms with Crippen LogP contribution in [0.5, 0.6) is 0 Å². The molecule has 0 aliphatic heterocycles. The van der Waals surface area contributed by atoms with Crippen molar-refractivity contribution in [3.63, 3.8) is 0 Å². The minimum absolute atomic E-state index is 0.256. The van der Waals surface area contributed by atoms with E-state index in [1.807, 2.05) is 19.2 Å². The third kappa shape index (κ3) is 1.23. The average molecular weight is 163 g/mol. The van der Waals surface area contributed by atoms with Crippen molar-refractivity contribution in [2.24, 2.45) is 0 Å². The number of nitrogens with zero attached hydrogens (tertiary/aromatic N) is 1. The molecule has 0 N–H and O–H groups in total. The Hall–Kier alpha value is -0.890. The summed E-state index contributed by atoms with van der Waals surface area (Å²) in [5.74, 6) is 0. The maximum absolute atomic E-state index is 5.57. The molecule has 64 valence electrons. The highest BCUT2D eigenvalue weighted by Crippen LogP contribution is 2.31. The monoisotopic (exact) mass is 163 g/mol. The SMILES string of the molecule is CCO[C@H]1CCc2cccnc21. The van der Waals surface area contributed by atoms with Crippen molar-refractivity contribution in [1.29, 1.82) is 0 Å². The van der Waals surface area contributed by atoms with Crippen LogP contribution in [0.3, 0.4) is 0 Å². The zero-order chi connectivity index (χ0) is 8.39. The van der Waals surface area contributed by atoms with Gasteiger partial charge in [0.25, 0.3) is 0 Å². The summed E-state index contributed by atoms with van der Waals surface area (Å²) >= 11 is 0. The molecule has 12 heavy (non-hydrogen) atoms. The number of aryl methyl sites for hydroxylation is 1. The van der Waals surface area contributed by atoms with Gasteiger partial charge in [-0.2, -0.15) is 0 Å². The first kappa shape index (κ1) is 7.74.